The molecule has 0 unspecified atom stereocenters. The van der Waals surface area contributed by atoms with Crippen molar-refractivity contribution in [2.75, 3.05) is 0 Å². The molecule has 7 heteroatoms. The van der Waals surface area contributed by atoms with Gasteiger partial charge < -0.3 is 4.74 Å². The van der Waals surface area contributed by atoms with Crippen molar-refractivity contribution >= 4 is 41.0 Å². The summed E-state index contributed by atoms with van der Waals surface area (Å²) in [7, 11) is 0. The van der Waals surface area contributed by atoms with E-state index in [-0.39, 0.29) is 30.3 Å². The molecule has 2 fully saturated rings. The molecule has 1 aliphatic heterocycles. The van der Waals surface area contributed by atoms with Gasteiger partial charge in [-0.25, -0.2) is 4.79 Å². The van der Waals surface area contributed by atoms with Gasteiger partial charge in [0.05, 0.1) is 11.8 Å². The van der Waals surface area contributed by atoms with Gasteiger partial charge in [0.15, 0.2) is 0 Å². The minimum atomic E-state index is -0.934. The average molecular weight is 384 g/mol. The standard InChI is InChI=1S/C18H19Cl2NO4/c1-10(18(24)25-9-11-6-7-12(19)8-15(11)20)21-16(22)13-4-2-3-5-14(13)17(21)23/h6-8,10,13-14H,2-5,9H2,1H3/t10-,13+,14+/m0/s1. The van der Waals surface area contributed by atoms with Crippen LogP contribution in [0.15, 0.2) is 18.2 Å². The zero-order valence-corrected chi connectivity index (χ0v) is 15.3. The lowest BCUT2D eigenvalue weighted by atomic mass is 9.81. The first kappa shape index (κ1) is 18.2. The van der Waals surface area contributed by atoms with Crippen LogP contribution >= 0.6 is 23.2 Å². The molecule has 0 radical (unpaired) electrons. The molecule has 0 aromatic heterocycles. The van der Waals surface area contributed by atoms with Crippen molar-refractivity contribution in [2.24, 2.45) is 11.8 Å². The molecule has 1 aromatic carbocycles. The summed E-state index contributed by atoms with van der Waals surface area (Å²) >= 11 is 11.9. The third-order valence-corrected chi connectivity index (χ3v) is 5.58. The summed E-state index contributed by atoms with van der Waals surface area (Å²) in [6, 6.07) is 3.95. The third kappa shape index (κ3) is 3.53. The highest BCUT2D eigenvalue weighted by Gasteiger charge is 2.51. The molecule has 0 N–H and O–H groups in total. The Morgan fingerprint density at radius 2 is 1.80 bits per heavy atom. The molecule has 25 heavy (non-hydrogen) atoms. The number of rotatable bonds is 4. The van der Waals surface area contributed by atoms with Crippen molar-refractivity contribution in [2.45, 2.75) is 45.3 Å². The lowest BCUT2D eigenvalue weighted by Crippen LogP contribution is -2.44. The van der Waals surface area contributed by atoms with E-state index >= 15 is 0 Å². The Morgan fingerprint density at radius 1 is 1.20 bits per heavy atom. The zero-order valence-electron chi connectivity index (χ0n) is 13.8. The van der Waals surface area contributed by atoms with E-state index < -0.39 is 12.0 Å². The molecule has 2 amide bonds. The van der Waals surface area contributed by atoms with Crippen LogP contribution in [0.25, 0.3) is 0 Å². The van der Waals surface area contributed by atoms with E-state index in [1.54, 1.807) is 18.2 Å². The molecule has 3 rings (SSSR count). The van der Waals surface area contributed by atoms with Crippen molar-refractivity contribution in [3.05, 3.63) is 33.8 Å². The lowest BCUT2D eigenvalue weighted by Gasteiger charge is -2.21. The molecule has 1 heterocycles. The number of hydrogen-bond donors (Lipinski definition) is 0. The van der Waals surface area contributed by atoms with Crippen LogP contribution in [0, 0.1) is 11.8 Å². The molecule has 1 saturated carbocycles. The molecule has 1 aromatic rings. The number of likely N-dealkylation sites (tertiary alicyclic amines) is 1. The maximum absolute atomic E-state index is 12.5. The summed E-state index contributed by atoms with van der Waals surface area (Å²) in [5.41, 5.74) is 0.611. The summed E-state index contributed by atoms with van der Waals surface area (Å²) in [6.07, 6.45) is 3.33. The van der Waals surface area contributed by atoms with Gasteiger partial charge in [0.1, 0.15) is 12.6 Å². The number of carbonyl (C=O) groups excluding carboxylic acids is 3. The van der Waals surface area contributed by atoms with Crippen molar-refractivity contribution in [3.63, 3.8) is 0 Å². The van der Waals surface area contributed by atoms with Crippen molar-refractivity contribution in [1.82, 2.24) is 4.90 Å². The fourth-order valence-electron chi connectivity index (χ4n) is 3.58. The number of benzene rings is 1. The molecule has 1 aliphatic carbocycles. The van der Waals surface area contributed by atoms with Gasteiger partial charge in [0.2, 0.25) is 11.8 Å². The second-order valence-corrected chi connectivity index (χ2v) is 7.41. The van der Waals surface area contributed by atoms with E-state index in [9.17, 15) is 14.4 Å². The fourth-order valence-corrected chi connectivity index (χ4v) is 4.05. The van der Waals surface area contributed by atoms with Gasteiger partial charge in [0, 0.05) is 15.6 Å². The van der Waals surface area contributed by atoms with Crippen LogP contribution in [-0.2, 0) is 25.7 Å². The molecule has 134 valence electrons. The Hall–Kier alpha value is -1.59. The van der Waals surface area contributed by atoms with Crippen molar-refractivity contribution < 1.29 is 19.1 Å². The fraction of sp³-hybridized carbons (Fsp3) is 0.500. The van der Waals surface area contributed by atoms with E-state index in [0.29, 0.717) is 28.5 Å². The number of halogens is 2. The number of amides is 2. The Balaban J connectivity index is 1.66. The summed E-state index contributed by atoms with van der Waals surface area (Å²) in [5.74, 6) is -1.66. The molecular weight excluding hydrogens is 365 g/mol. The first-order chi connectivity index (χ1) is 11.9. The normalized spacial score (nSPS) is 24.2. The largest absolute Gasteiger partial charge is 0.459 e. The maximum atomic E-state index is 12.5. The molecule has 5 nitrogen and oxygen atoms in total. The minimum absolute atomic E-state index is 0.0394. The summed E-state index contributed by atoms with van der Waals surface area (Å²) in [4.78, 5) is 38.5. The lowest BCUT2D eigenvalue weighted by molar-refractivity contribution is -0.159. The maximum Gasteiger partial charge on any atom is 0.329 e. The van der Waals surface area contributed by atoms with Crippen LogP contribution in [0.1, 0.15) is 38.2 Å². The number of hydrogen-bond acceptors (Lipinski definition) is 4. The number of carbonyl (C=O) groups is 3. The molecule has 0 bridgehead atoms. The Morgan fingerprint density at radius 3 is 2.36 bits per heavy atom. The quantitative estimate of drug-likeness (QED) is 0.588. The topological polar surface area (TPSA) is 63.7 Å². The summed E-state index contributed by atoms with van der Waals surface area (Å²) in [5, 5.41) is 0.886. The predicted octanol–water partition coefficient (Wildman–Crippen LogP) is 3.60. The second kappa shape index (κ2) is 7.34. The molecule has 2 aliphatic rings. The molecule has 1 saturated heterocycles. The van der Waals surface area contributed by atoms with Crippen LogP contribution in [0.4, 0.5) is 0 Å². The summed E-state index contributed by atoms with van der Waals surface area (Å²) < 4.78 is 5.26. The Kier molecular flexibility index (Phi) is 5.35. The van der Waals surface area contributed by atoms with E-state index in [1.165, 1.54) is 6.92 Å². The molecule has 3 atom stereocenters. The number of ether oxygens (including phenoxy) is 1. The molecular formula is C18H19Cl2NO4. The smallest absolute Gasteiger partial charge is 0.329 e. The first-order valence-electron chi connectivity index (χ1n) is 8.37. The van der Waals surface area contributed by atoms with Gasteiger partial charge in [-0.2, -0.15) is 0 Å². The van der Waals surface area contributed by atoms with Gasteiger partial charge in [-0.1, -0.05) is 42.1 Å². The van der Waals surface area contributed by atoms with Crippen molar-refractivity contribution in [1.29, 1.82) is 0 Å². The Labute approximate surface area is 156 Å². The van der Waals surface area contributed by atoms with Crippen LogP contribution in [0.5, 0.6) is 0 Å². The highest BCUT2D eigenvalue weighted by atomic mass is 35.5. The van der Waals surface area contributed by atoms with E-state index in [2.05, 4.69) is 0 Å². The number of nitrogens with zero attached hydrogens (tertiary/aromatic N) is 1. The van der Waals surface area contributed by atoms with Crippen molar-refractivity contribution in [3.8, 4) is 0 Å². The van der Waals surface area contributed by atoms with Gasteiger partial charge >= 0.3 is 5.97 Å². The predicted molar refractivity (Wildman–Crippen MR) is 93.0 cm³/mol. The van der Waals surface area contributed by atoms with Crippen LogP contribution in [0.3, 0.4) is 0 Å². The van der Waals surface area contributed by atoms with E-state index in [4.69, 9.17) is 27.9 Å². The first-order valence-corrected chi connectivity index (χ1v) is 9.13. The monoisotopic (exact) mass is 383 g/mol. The number of esters is 1. The second-order valence-electron chi connectivity index (χ2n) is 6.56. The zero-order chi connectivity index (χ0) is 18.1. The summed E-state index contributed by atoms with van der Waals surface area (Å²) in [6.45, 7) is 1.49. The highest BCUT2D eigenvalue weighted by molar-refractivity contribution is 6.35. The third-order valence-electron chi connectivity index (χ3n) is 4.99. The van der Waals surface area contributed by atoms with Gasteiger partial charge in [0.25, 0.3) is 0 Å². The van der Waals surface area contributed by atoms with Gasteiger partial charge in [-0.3, -0.25) is 14.5 Å². The van der Waals surface area contributed by atoms with Gasteiger partial charge in [-0.15, -0.1) is 0 Å². The SMILES string of the molecule is C[C@@H](C(=O)OCc1ccc(Cl)cc1Cl)N1C(=O)[C@@H]2CCCC[C@H]2C1=O. The van der Waals surface area contributed by atoms with E-state index in [0.717, 1.165) is 17.7 Å². The number of imide groups is 1. The Bertz CT molecular complexity index is 697. The number of fused-ring (bicyclic) bond motifs is 1. The average Bonchev–Trinajstić information content (AvgIpc) is 2.85. The van der Waals surface area contributed by atoms with Crippen LogP contribution in [0.2, 0.25) is 10.0 Å². The molecule has 0 spiro atoms. The van der Waals surface area contributed by atoms with Gasteiger partial charge in [-0.05, 0) is 31.9 Å². The highest BCUT2D eigenvalue weighted by Crippen LogP contribution is 2.39. The van der Waals surface area contributed by atoms with Crippen LogP contribution in [-0.4, -0.2) is 28.7 Å². The minimum Gasteiger partial charge on any atom is -0.459 e. The van der Waals surface area contributed by atoms with Crippen LogP contribution < -0.4 is 0 Å². The van der Waals surface area contributed by atoms with E-state index in [1.807, 2.05) is 0 Å².